The topological polar surface area (TPSA) is 84.8 Å². The van der Waals surface area contributed by atoms with Gasteiger partial charge in [-0.15, -0.1) is 0 Å². The van der Waals surface area contributed by atoms with E-state index in [1.54, 1.807) is 40.7 Å². The van der Waals surface area contributed by atoms with E-state index in [4.69, 9.17) is 10.9 Å². The van der Waals surface area contributed by atoms with Crippen LogP contribution >= 0.6 is 0 Å². The highest BCUT2D eigenvalue weighted by atomic mass is 19.4. The molecule has 1 heterocycles. The molecule has 1 aliphatic heterocycles. The molecule has 6 nitrogen and oxygen atoms in total. The number of carbonyl (C=O) groups excluding carboxylic acids is 3. The molecule has 0 spiro atoms. The average molecular weight is 630 g/mol. The van der Waals surface area contributed by atoms with Crippen LogP contribution in [0.25, 0.3) is 0 Å². The number of alkyl halides is 3. The molecule has 1 N–H and O–H groups in total. The second kappa shape index (κ2) is 18.9. The molecule has 0 saturated heterocycles. The van der Waals surface area contributed by atoms with Gasteiger partial charge in [0.1, 0.15) is 17.2 Å². The molecule has 11 heteroatoms. The summed E-state index contributed by atoms with van der Waals surface area (Å²) in [4.78, 5) is 37.0. The van der Waals surface area contributed by atoms with Crippen molar-refractivity contribution < 1.29 is 42.4 Å². The van der Waals surface area contributed by atoms with Gasteiger partial charge in [0.15, 0.2) is 5.78 Å². The third kappa shape index (κ3) is 16.9. The van der Waals surface area contributed by atoms with Crippen molar-refractivity contribution >= 4 is 23.9 Å². The zero-order valence-corrected chi connectivity index (χ0v) is 26.7. The quantitative estimate of drug-likeness (QED) is 0.197. The lowest BCUT2D eigenvalue weighted by atomic mass is 10.00. The van der Waals surface area contributed by atoms with Gasteiger partial charge in [-0.25, -0.2) is 13.6 Å². The standard InChI is InChI=1S/C17H24FNO3.C12H14FN.C2HF3O.C2H6/c1-11-10-13(18)7-8-14(11)15(20)9-6-12(2)19-16(21)22-17(3,4)5;1-8-7-10(13)4-5-11(8)12-6-3-9(2)14-12;3-2(4,5)1-6;1-2/h7-8,10,12H,6,9H2,1-5H3,(H,19,21);4-5,7,9H,3,6H2,1-2H3;1H;1-2H3/i;;;1D. The number of rotatable bonds is 6. The van der Waals surface area contributed by atoms with Gasteiger partial charge in [-0.05, 0) is 121 Å². The van der Waals surface area contributed by atoms with Gasteiger partial charge in [-0.1, -0.05) is 13.8 Å². The largest absolute Gasteiger partial charge is 0.446 e. The van der Waals surface area contributed by atoms with Gasteiger partial charge in [0, 0.05) is 31.2 Å². The van der Waals surface area contributed by atoms with E-state index >= 15 is 0 Å². The van der Waals surface area contributed by atoms with E-state index < -0.39 is 24.2 Å². The van der Waals surface area contributed by atoms with Crippen LogP contribution in [0.2, 0.25) is 0 Å². The van der Waals surface area contributed by atoms with Gasteiger partial charge in [0.05, 0.1) is 0 Å². The number of aldehydes is 1. The predicted molar refractivity (Wildman–Crippen MR) is 163 cm³/mol. The van der Waals surface area contributed by atoms with Crippen molar-refractivity contribution in [2.45, 2.75) is 112 Å². The number of nitrogens with zero attached hydrogens (tertiary/aromatic N) is 1. The van der Waals surface area contributed by atoms with Gasteiger partial charge >= 0.3 is 12.3 Å². The Morgan fingerprint density at radius 1 is 1.09 bits per heavy atom. The Labute approximate surface area is 258 Å². The Kier molecular flexibility index (Phi) is 16.5. The number of aryl methyl sites for hydroxylation is 2. The highest BCUT2D eigenvalue weighted by Gasteiger charge is 2.25. The number of aliphatic imine (C=N–C) groups is 1. The minimum absolute atomic E-state index is 0.0599. The number of ketones is 1. The van der Waals surface area contributed by atoms with E-state index in [9.17, 15) is 31.5 Å². The average Bonchev–Trinajstić information content (AvgIpc) is 3.32. The van der Waals surface area contributed by atoms with Crippen LogP contribution in [0.15, 0.2) is 41.4 Å². The number of nitrogens with one attached hydrogen (secondary N) is 1. The van der Waals surface area contributed by atoms with Crippen LogP contribution in [0.5, 0.6) is 0 Å². The van der Waals surface area contributed by atoms with Crippen LogP contribution in [0.4, 0.5) is 26.7 Å². The van der Waals surface area contributed by atoms with E-state index in [1.165, 1.54) is 24.3 Å². The molecule has 0 aromatic heterocycles. The van der Waals surface area contributed by atoms with E-state index in [2.05, 4.69) is 17.2 Å². The molecule has 3 rings (SSSR count). The van der Waals surface area contributed by atoms with Crippen molar-refractivity contribution in [1.82, 2.24) is 5.32 Å². The highest BCUT2D eigenvalue weighted by Crippen LogP contribution is 2.21. The van der Waals surface area contributed by atoms with Gasteiger partial charge in [0.2, 0.25) is 6.29 Å². The van der Waals surface area contributed by atoms with Gasteiger partial charge < -0.3 is 10.1 Å². The van der Waals surface area contributed by atoms with Crippen molar-refractivity contribution in [2.24, 2.45) is 4.99 Å². The molecule has 2 unspecified atom stereocenters. The molecule has 2 atom stereocenters. The van der Waals surface area contributed by atoms with Gasteiger partial charge in [-0.2, -0.15) is 13.2 Å². The molecule has 0 fully saturated rings. The maximum absolute atomic E-state index is 13.0. The summed E-state index contributed by atoms with van der Waals surface area (Å²) in [5.74, 6) is -0.581. The smallest absolute Gasteiger partial charge is 0.444 e. The maximum Gasteiger partial charge on any atom is 0.446 e. The van der Waals surface area contributed by atoms with Crippen LogP contribution in [0.3, 0.4) is 0 Å². The van der Waals surface area contributed by atoms with Crippen LogP contribution in [-0.4, -0.2) is 47.7 Å². The summed E-state index contributed by atoms with van der Waals surface area (Å²) < 4.78 is 68.5. The van der Waals surface area contributed by atoms with Crippen molar-refractivity contribution in [1.29, 1.82) is 0 Å². The summed E-state index contributed by atoms with van der Waals surface area (Å²) >= 11 is 0. The minimum Gasteiger partial charge on any atom is -0.444 e. The summed E-state index contributed by atoms with van der Waals surface area (Å²) in [6, 6.07) is 9.28. The molecule has 1 amide bonds. The van der Waals surface area contributed by atoms with Crippen molar-refractivity contribution in [3.8, 4) is 0 Å². The van der Waals surface area contributed by atoms with Crippen molar-refractivity contribution in [2.75, 3.05) is 0 Å². The number of alkyl carbamates (subject to hydrolysis) is 1. The first kappa shape index (κ1) is 38.4. The summed E-state index contributed by atoms with van der Waals surface area (Å²) in [5.41, 5.74) is 3.82. The summed E-state index contributed by atoms with van der Waals surface area (Å²) in [7, 11) is 0. The van der Waals surface area contributed by atoms with Gasteiger partial charge in [-0.3, -0.25) is 14.6 Å². The summed E-state index contributed by atoms with van der Waals surface area (Å²) in [6.45, 7) is 15.2. The van der Waals surface area contributed by atoms with E-state index in [1.807, 2.05) is 19.9 Å². The van der Waals surface area contributed by atoms with E-state index in [0.29, 0.717) is 30.5 Å². The molecular formula is C33H45F5N2O4. The lowest BCUT2D eigenvalue weighted by molar-refractivity contribution is -0.156. The molecule has 1 aliphatic rings. The Balaban J connectivity index is 0.000000711. The molecular weight excluding hydrogens is 583 g/mol. The number of carbonyl (C=O) groups is 3. The fourth-order valence-electron chi connectivity index (χ4n) is 3.90. The Bertz CT molecular complexity index is 1280. The number of hydrogen-bond acceptors (Lipinski definition) is 5. The van der Waals surface area contributed by atoms with E-state index in [-0.39, 0.29) is 29.9 Å². The number of halogens is 5. The molecule has 44 heavy (non-hydrogen) atoms. The third-order valence-corrected chi connectivity index (χ3v) is 5.86. The minimum atomic E-state index is -4.64. The zero-order chi connectivity index (χ0) is 35.0. The summed E-state index contributed by atoms with van der Waals surface area (Å²) in [5, 5.41) is 2.69. The number of hydrogen-bond donors (Lipinski definition) is 1. The molecule has 0 saturated carbocycles. The first-order valence-electron chi connectivity index (χ1n) is 14.9. The van der Waals surface area contributed by atoms with Crippen LogP contribution in [0, 0.1) is 25.5 Å². The number of benzene rings is 2. The first-order valence-corrected chi connectivity index (χ1v) is 14.2. The molecule has 2 aromatic rings. The number of Topliss-reactive ketones (excluding diaryl/α,β-unsaturated/α-hetero) is 1. The predicted octanol–water partition coefficient (Wildman–Crippen LogP) is 8.89. The second-order valence-electron chi connectivity index (χ2n) is 11.1. The number of amides is 1. The molecule has 0 radical (unpaired) electrons. The summed E-state index contributed by atoms with van der Waals surface area (Å²) in [6.07, 6.45) is -3.28. The monoisotopic (exact) mass is 629 g/mol. The second-order valence-corrected chi connectivity index (χ2v) is 11.1. The Hall–Kier alpha value is -3.63. The molecule has 2 aromatic carbocycles. The SMILES string of the molecule is Cc1cc(F)ccc1C(=O)CCC(C)NC(=O)OC(C)(C)C.Cc1cc(F)ccc1C1=NC(C)CC1.O=CC(F)(F)F.[2H]CC. The highest BCUT2D eigenvalue weighted by molar-refractivity contribution is 6.02. The van der Waals surface area contributed by atoms with Gasteiger partial charge in [0.25, 0.3) is 0 Å². The zero-order valence-electron chi connectivity index (χ0n) is 27.7. The fourth-order valence-corrected chi connectivity index (χ4v) is 3.90. The Morgan fingerprint density at radius 2 is 1.61 bits per heavy atom. The van der Waals surface area contributed by atoms with E-state index in [0.717, 1.165) is 29.7 Å². The lowest BCUT2D eigenvalue weighted by Gasteiger charge is -2.21. The first-order chi connectivity index (χ1) is 20.7. The van der Waals surface area contributed by atoms with Crippen LogP contribution in [0.1, 0.15) is 103 Å². The van der Waals surface area contributed by atoms with Crippen molar-refractivity contribution in [3.05, 3.63) is 70.3 Å². The molecule has 0 bridgehead atoms. The van der Waals surface area contributed by atoms with Crippen LogP contribution < -0.4 is 5.32 Å². The molecule has 246 valence electrons. The maximum atomic E-state index is 13.0. The Morgan fingerprint density at radius 3 is 2.05 bits per heavy atom. The number of ether oxygens (including phenoxy) is 1. The fraction of sp³-hybridized carbons (Fsp3) is 0.515. The lowest BCUT2D eigenvalue weighted by Crippen LogP contribution is -2.37. The van der Waals surface area contributed by atoms with Crippen LogP contribution in [-0.2, 0) is 9.53 Å². The van der Waals surface area contributed by atoms with Crippen molar-refractivity contribution in [3.63, 3.8) is 0 Å². The molecule has 0 aliphatic carbocycles. The normalized spacial score (nSPS) is 15.0. The third-order valence-electron chi connectivity index (χ3n) is 5.86.